The standard InChI is InChI=1S/C32H40N2O4S/c1-20-9-11-21(12-10-20)30(35)34(26-19-28(32(2,3)4)39-29(26)31(36)37)22-13-15-23(16-14-22)38-27-17-18-33-25-8-6-5-7-24(25)27/h5-8,17-23H,9-16H2,1-4H3,(H,36,37)/t20-,21-,22-,23-. The Balaban J connectivity index is 1.40. The van der Waals surface area contributed by atoms with Crippen molar-refractivity contribution in [2.45, 2.75) is 96.6 Å². The van der Waals surface area contributed by atoms with Crippen molar-refractivity contribution in [1.29, 1.82) is 0 Å². The molecule has 0 spiro atoms. The monoisotopic (exact) mass is 548 g/mol. The molecule has 0 atom stereocenters. The van der Waals surface area contributed by atoms with Crippen LogP contribution in [0.15, 0.2) is 42.6 Å². The number of aromatic carboxylic acids is 1. The number of aromatic nitrogens is 1. The molecule has 2 aliphatic carbocycles. The number of thiophene rings is 1. The third-order valence-electron chi connectivity index (χ3n) is 8.42. The van der Waals surface area contributed by atoms with Crippen LogP contribution >= 0.6 is 11.3 Å². The molecule has 1 N–H and O–H groups in total. The summed E-state index contributed by atoms with van der Waals surface area (Å²) in [6.07, 6.45) is 8.87. The van der Waals surface area contributed by atoms with E-state index in [-0.39, 0.29) is 34.3 Å². The largest absolute Gasteiger partial charge is 0.490 e. The number of amides is 1. The molecule has 1 aromatic carbocycles. The summed E-state index contributed by atoms with van der Waals surface area (Å²) in [6.45, 7) is 8.53. The van der Waals surface area contributed by atoms with E-state index in [0.717, 1.165) is 72.9 Å². The first-order valence-corrected chi connectivity index (χ1v) is 15.1. The van der Waals surface area contributed by atoms with Gasteiger partial charge in [0.2, 0.25) is 5.91 Å². The summed E-state index contributed by atoms with van der Waals surface area (Å²) in [5.41, 5.74) is 1.31. The summed E-state index contributed by atoms with van der Waals surface area (Å²) in [7, 11) is 0. The van der Waals surface area contributed by atoms with Crippen LogP contribution < -0.4 is 9.64 Å². The maximum atomic E-state index is 14.2. The van der Waals surface area contributed by atoms with Crippen molar-refractivity contribution in [3.8, 4) is 5.75 Å². The Morgan fingerprint density at radius 1 is 1.00 bits per heavy atom. The lowest BCUT2D eigenvalue weighted by atomic mass is 9.81. The van der Waals surface area contributed by atoms with Gasteiger partial charge >= 0.3 is 5.97 Å². The Morgan fingerprint density at radius 3 is 2.36 bits per heavy atom. The second-order valence-corrected chi connectivity index (χ2v) is 13.5. The van der Waals surface area contributed by atoms with E-state index in [1.807, 2.05) is 41.3 Å². The van der Waals surface area contributed by atoms with Gasteiger partial charge in [-0.1, -0.05) is 39.8 Å². The van der Waals surface area contributed by atoms with Crippen LogP contribution in [0.2, 0.25) is 0 Å². The lowest BCUT2D eigenvalue weighted by Crippen LogP contribution is -2.47. The Bertz CT molecular complexity index is 1320. The van der Waals surface area contributed by atoms with E-state index in [9.17, 15) is 14.7 Å². The number of fused-ring (bicyclic) bond motifs is 1. The second-order valence-electron chi connectivity index (χ2n) is 12.4. The molecular formula is C32H40N2O4S. The summed E-state index contributed by atoms with van der Waals surface area (Å²) in [6, 6.07) is 11.9. The average molecular weight is 549 g/mol. The highest BCUT2D eigenvalue weighted by Gasteiger charge is 2.38. The first-order valence-electron chi connectivity index (χ1n) is 14.3. The van der Waals surface area contributed by atoms with Gasteiger partial charge in [0, 0.05) is 28.4 Å². The lowest BCUT2D eigenvalue weighted by molar-refractivity contribution is -0.124. The molecule has 2 heterocycles. The number of nitrogens with zero attached hydrogens (tertiary/aromatic N) is 2. The third kappa shape index (κ3) is 5.98. The minimum absolute atomic E-state index is 0.0357. The van der Waals surface area contributed by atoms with Crippen molar-refractivity contribution in [2.24, 2.45) is 11.8 Å². The first-order chi connectivity index (χ1) is 18.6. The zero-order valence-electron chi connectivity index (χ0n) is 23.5. The molecule has 1 amide bonds. The molecule has 3 aromatic rings. The number of rotatable bonds is 6. The maximum absolute atomic E-state index is 14.2. The van der Waals surface area contributed by atoms with Crippen LogP contribution in [-0.2, 0) is 10.2 Å². The molecule has 0 unspecified atom stereocenters. The van der Waals surface area contributed by atoms with Crippen molar-refractivity contribution in [3.63, 3.8) is 0 Å². The van der Waals surface area contributed by atoms with Gasteiger partial charge in [0.05, 0.1) is 17.3 Å². The molecular weight excluding hydrogens is 508 g/mol. The minimum atomic E-state index is -0.956. The Hall–Kier alpha value is -2.93. The summed E-state index contributed by atoms with van der Waals surface area (Å²) < 4.78 is 6.47. The van der Waals surface area contributed by atoms with Crippen molar-refractivity contribution in [3.05, 3.63) is 52.3 Å². The van der Waals surface area contributed by atoms with Crippen LogP contribution in [0.25, 0.3) is 10.9 Å². The van der Waals surface area contributed by atoms with E-state index in [1.54, 1.807) is 6.20 Å². The molecule has 39 heavy (non-hydrogen) atoms. The van der Waals surface area contributed by atoms with Gasteiger partial charge in [-0.3, -0.25) is 9.78 Å². The number of pyridine rings is 1. The van der Waals surface area contributed by atoms with Gasteiger partial charge in [-0.2, -0.15) is 0 Å². The quantitative estimate of drug-likeness (QED) is 0.339. The zero-order chi connectivity index (χ0) is 27.7. The van der Waals surface area contributed by atoms with Crippen molar-refractivity contribution in [2.75, 3.05) is 4.90 Å². The molecule has 0 aliphatic heterocycles. The summed E-state index contributed by atoms with van der Waals surface area (Å²) in [5.74, 6) is 0.587. The summed E-state index contributed by atoms with van der Waals surface area (Å²) in [4.78, 5) is 34.2. The number of carboxylic acid groups (broad SMARTS) is 1. The highest BCUT2D eigenvalue weighted by atomic mass is 32.1. The van der Waals surface area contributed by atoms with Crippen molar-refractivity contribution >= 4 is 39.8 Å². The van der Waals surface area contributed by atoms with Crippen LogP contribution in [0.5, 0.6) is 5.75 Å². The van der Waals surface area contributed by atoms with E-state index >= 15 is 0 Å². The minimum Gasteiger partial charge on any atom is -0.490 e. The van der Waals surface area contributed by atoms with Crippen LogP contribution in [0.4, 0.5) is 5.69 Å². The summed E-state index contributed by atoms with van der Waals surface area (Å²) in [5, 5.41) is 11.2. The average Bonchev–Trinajstić information content (AvgIpc) is 3.37. The Morgan fingerprint density at radius 2 is 1.69 bits per heavy atom. The van der Waals surface area contributed by atoms with Gasteiger partial charge in [-0.15, -0.1) is 11.3 Å². The second kappa shape index (κ2) is 11.3. The van der Waals surface area contributed by atoms with Crippen LogP contribution in [-0.4, -0.2) is 34.1 Å². The molecule has 2 saturated carbocycles. The van der Waals surface area contributed by atoms with E-state index in [4.69, 9.17) is 4.74 Å². The predicted octanol–water partition coefficient (Wildman–Crippen LogP) is 7.84. The van der Waals surface area contributed by atoms with Gasteiger partial charge in [-0.05, 0) is 87.0 Å². The fourth-order valence-electron chi connectivity index (χ4n) is 6.06. The van der Waals surface area contributed by atoms with Crippen LogP contribution in [0.3, 0.4) is 0 Å². The number of anilines is 1. The maximum Gasteiger partial charge on any atom is 0.348 e. The molecule has 2 fully saturated rings. The van der Waals surface area contributed by atoms with Crippen LogP contribution in [0.1, 0.15) is 93.6 Å². The molecule has 2 aromatic heterocycles. The number of benzene rings is 1. The molecule has 0 saturated heterocycles. The molecule has 208 valence electrons. The van der Waals surface area contributed by atoms with Gasteiger partial charge < -0.3 is 14.7 Å². The van der Waals surface area contributed by atoms with Crippen LogP contribution in [0, 0.1) is 11.8 Å². The van der Waals surface area contributed by atoms with Crippen molar-refractivity contribution in [1.82, 2.24) is 4.98 Å². The van der Waals surface area contributed by atoms with E-state index in [0.29, 0.717) is 11.6 Å². The fraction of sp³-hybridized carbons (Fsp3) is 0.531. The molecule has 6 nitrogen and oxygen atoms in total. The van der Waals surface area contributed by atoms with E-state index < -0.39 is 5.97 Å². The SMILES string of the molecule is CC(C)(C)c1cc(N(C(=O)[C@H]2CC[C@H](C)CC2)[C@H]2CC[C@H](Oc3ccnc4ccccc34)CC2)c(C(=O)O)s1. The summed E-state index contributed by atoms with van der Waals surface area (Å²) >= 11 is 1.31. The third-order valence-corrected chi connectivity index (χ3v) is 9.96. The molecule has 2 aliphatic rings. The molecule has 7 heteroatoms. The predicted molar refractivity (Wildman–Crippen MR) is 157 cm³/mol. The number of carbonyl (C=O) groups is 2. The smallest absolute Gasteiger partial charge is 0.348 e. The number of para-hydroxylation sites is 1. The van der Waals surface area contributed by atoms with Gasteiger partial charge in [-0.25, -0.2) is 4.79 Å². The highest BCUT2D eigenvalue weighted by molar-refractivity contribution is 7.14. The number of ether oxygens (including phenoxy) is 1. The number of hydrogen-bond acceptors (Lipinski definition) is 5. The number of carboxylic acids is 1. The zero-order valence-corrected chi connectivity index (χ0v) is 24.3. The lowest BCUT2D eigenvalue weighted by Gasteiger charge is -2.39. The number of hydrogen-bond donors (Lipinski definition) is 1. The molecule has 0 radical (unpaired) electrons. The highest BCUT2D eigenvalue weighted by Crippen LogP contribution is 2.42. The normalized spacial score (nSPS) is 23.9. The van der Waals surface area contributed by atoms with Gasteiger partial charge in [0.25, 0.3) is 0 Å². The topological polar surface area (TPSA) is 79.7 Å². The molecule has 0 bridgehead atoms. The Kier molecular flexibility index (Phi) is 7.99. The number of carbonyl (C=O) groups excluding carboxylic acids is 1. The Labute approximate surface area is 235 Å². The van der Waals surface area contributed by atoms with E-state index in [1.165, 1.54) is 11.3 Å². The fourth-order valence-corrected chi connectivity index (χ4v) is 7.10. The van der Waals surface area contributed by atoms with Gasteiger partial charge in [0.1, 0.15) is 10.6 Å². The van der Waals surface area contributed by atoms with Crippen molar-refractivity contribution < 1.29 is 19.4 Å². The first kappa shape index (κ1) is 27.6. The van der Waals surface area contributed by atoms with Gasteiger partial charge in [0.15, 0.2) is 0 Å². The molecule has 5 rings (SSSR count). The van der Waals surface area contributed by atoms with E-state index in [2.05, 4.69) is 32.7 Å².